The van der Waals surface area contributed by atoms with Gasteiger partial charge in [0.05, 0.1) is 11.9 Å². The molecule has 0 amide bonds. The molecule has 7 nitrogen and oxygen atoms in total. The summed E-state index contributed by atoms with van der Waals surface area (Å²) in [5.41, 5.74) is -1.96. The number of alkyl halides is 3. The molecule has 2 aromatic heterocycles. The van der Waals surface area contributed by atoms with Gasteiger partial charge < -0.3 is 9.84 Å². The summed E-state index contributed by atoms with van der Waals surface area (Å²) in [5, 5.41) is 8.91. The molecule has 0 aromatic carbocycles. The number of halogens is 3. The number of aromatic carboxylic acids is 1. The second-order valence-corrected chi connectivity index (χ2v) is 5.70. The minimum atomic E-state index is -4.76. The lowest BCUT2D eigenvalue weighted by atomic mass is 10.2. The zero-order valence-corrected chi connectivity index (χ0v) is 12.7. The monoisotopic (exact) mass is 352 g/mol. The Morgan fingerprint density at radius 2 is 2.04 bits per heavy atom. The molecule has 0 radical (unpaired) electrons. The number of aromatic amines is 1. The number of aromatic nitrogens is 2. The highest BCUT2D eigenvalue weighted by atomic mass is 32.1. The van der Waals surface area contributed by atoms with Gasteiger partial charge in [-0.05, 0) is 12.5 Å². The minimum absolute atomic E-state index is 0.00660. The van der Waals surface area contributed by atoms with Crippen molar-refractivity contribution in [3.8, 4) is 0 Å². The van der Waals surface area contributed by atoms with Crippen LogP contribution < -0.4 is 11.2 Å². The Balaban J connectivity index is 2.67. The maximum Gasteiger partial charge on any atom is 0.416 e. The highest BCUT2D eigenvalue weighted by Crippen LogP contribution is 2.27. The fraction of sp³-hybridized carbons (Fsp3) is 0.417. The lowest BCUT2D eigenvalue weighted by Crippen LogP contribution is -2.43. The molecule has 2 heterocycles. The van der Waals surface area contributed by atoms with E-state index in [1.807, 2.05) is 0 Å². The number of ether oxygens (including phenoxy) is 1. The summed E-state index contributed by atoms with van der Waals surface area (Å²) in [6.45, 7) is 0.325. The van der Waals surface area contributed by atoms with Crippen molar-refractivity contribution in [2.24, 2.45) is 0 Å². The van der Waals surface area contributed by atoms with Crippen molar-refractivity contribution in [1.29, 1.82) is 0 Å². The molecular weight excluding hydrogens is 341 g/mol. The van der Waals surface area contributed by atoms with Crippen LogP contribution in [0, 0.1) is 6.92 Å². The van der Waals surface area contributed by atoms with Crippen LogP contribution in [0.25, 0.3) is 10.2 Å². The molecule has 0 bridgehead atoms. The fourth-order valence-electron chi connectivity index (χ4n) is 2.10. The van der Waals surface area contributed by atoms with Gasteiger partial charge in [-0.25, -0.2) is 9.59 Å². The van der Waals surface area contributed by atoms with Gasteiger partial charge in [-0.2, -0.15) is 13.2 Å². The van der Waals surface area contributed by atoms with E-state index in [-0.39, 0.29) is 20.7 Å². The molecular formula is C12H11F3N2O5S. The lowest BCUT2D eigenvalue weighted by molar-refractivity contribution is -0.216. The summed E-state index contributed by atoms with van der Waals surface area (Å²) in [5.74, 6) is -1.29. The molecule has 0 aliphatic carbocycles. The standard InChI is InChI=1S/C12H11F3N2O5S/c1-4-6-8(23-7(4)10(19)20)16-11(21)17(9(6)18)3-5(22-2)12(13,14)15/h5H,3H2,1-2H3,(H,16,21)(H,19,20). The van der Waals surface area contributed by atoms with Crippen LogP contribution in [0.5, 0.6) is 0 Å². The van der Waals surface area contributed by atoms with Crippen LogP contribution in [0.4, 0.5) is 13.2 Å². The number of nitrogens with one attached hydrogen (secondary N) is 1. The number of carboxylic acid groups (broad SMARTS) is 1. The highest BCUT2D eigenvalue weighted by Gasteiger charge is 2.40. The number of hydrogen-bond acceptors (Lipinski definition) is 5. The van der Waals surface area contributed by atoms with Crippen molar-refractivity contribution in [2.45, 2.75) is 25.7 Å². The predicted molar refractivity (Wildman–Crippen MR) is 75.3 cm³/mol. The maximum atomic E-state index is 12.7. The van der Waals surface area contributed by atoms with Gasteiger partial charge in [0.15, 0.2) is 6.10 Å². The van der Waals surface area contributed by atoms with Crippen molar-refractivity contribution < 1.29 is 27.8 Å². The molecule has 2 aromatic rings. The SMILES string of the molecule is COC(Cn1c(=O)[nH]c2sc(C(=O)O)c(C)c2c1=O)C(F)(F)F. The van der Waals surface area contributed by atoms with Crippen molar-refractivity contribution >= 4 is 27.5 Å². The Kier molecular flexibility index (Phi) is 4.35. The van der Waals surface area contributed by atoms with Gasteiger partial charge in [-0.3, -0.25) is 14.3 Å². The molecule has 1 unspecified atom stereocenters. The lowest BCUT2D eigenvalue weighted by Gasteiger charge is -2.19. The van der Waals surface area contributed by atoms with E-state index in [4.69, 9.17) is 5.11 Å². The van der Waals surface area contributed by atoms with Gasteiger partial charge in [-0.1, -0.05) is 0 Å². The second kappa shape index (κ2) is 5.81. The van der Waals surface area contributed by atoms with Crippen LogP contribution >= 0.6 is 11.3 Å². The van der Waals surface area contributed by atoms with Crippen LogP contribution in [0.15, 0.2) is 9.59 Å². The fourth-order valence-corrected chi connectivity index (χ4v) is 3.13. The van der Waals surface area contributed by atoms with E-state index < -0.39 is 36.0 Å². The van der Waals surface area contributed by atoms with E-state index in [1.165, 1.54) is 6.92 Å². The van der Waals surface area contributed by atoms with E-state index in [1.54, 1.807) is 0 Å². The normalized spacial score (nSPS) is 13.4. The molecule has 0 saturated carbocycles. The Morgan fingerprint density at radius 1 is 1.43 bits per heavy atom. The number of carbonyl (C=O) groups is 1. The molecule has 126 valence electrons. The van der Waals surface area contributed by atoms with Gasteiger partial charge in [0.1, 0.15) is 9.71 Å². The number of rotatable bonds is 4. The smallest absolute Gasteiger partial charge is 0.416 e. The summed E-state index contributed by atoms with van der Waals surface area (Å²) in [6, 6.07) is 0. The summed E-state index contributed by atoms with van der Waals surface area (Å²) < 4.78 is 42.9. The summed E-state index contributed by atoms with van der Waals surface area (Å²) in [4.78, 5) is 37.3. The molecule has 0 saturated heterocycles. The zero-order chi connectivity index (χ0) is 17.5. The molecule has 0 fully saturated rings. The van der Waals surface area contributed by atoms with Crippen LogP contribution in [-0.4, -0.2) is 40.0 Å². The van der Waals surface area contributed by atoms with E-state index in [2.05, 4.69) is 9.72 Å². The van der Waals surface area contributed by atoms with Gasteiger partial charge in [0.2, 0.25) is 0 Å². The Hall–Kier alpha value is -2.14. The third-order valence-electron chi connectivity index (χ3n) is 3.26. The topological polar surface area (TPSA) is 101 Å². The maximum absolute atomic E-state index is 12.7. The van der Waals surface area contributed by atoms with E-state index in [0.717, 1.165) is 7.11 Å². The molecule has 2 N–H and O–H groups in total. The predicted octanol–water partition coefficient (Wildman–Crippen LogP) is 1.34. The highest BCUT2D eigenvalue weighted by molar-refractivity contribution is 7.20. The van der Waals surface area contributed by atoms with E-state index >= 15 is 0 Å². The van der Waals surface area contributed by atoms with E-state index in [0.29, 0.717) is 15.9 Å². The van der Waals surface area contributed by atoms with E-state index in [9.17, 15) is 27.6 Å². The van der Waals surface area contributed by atoms with Crippen molar-refractivity contribution in [3.05, 3.63) is 31.3 Å². The average Bonchev–Trinajstić information content (AvgIpc) is 2.74. The van der Waals surface area contributed by atoms with Crippen LogP contribution in [0.2, 0.25) is 0 Å². The minimum Gasteiger partial charge on any atom is -0.477 e. The summed E-state index contributed by atoms with van der Waals surface area (Å²) in [7, 11) is 0.814. The third-order valence-corrected chi connectivity index (χ3v) is 4.46. The van der Waals surface area contributed by atoms with Crippen LogP contribution in [-0.2, 0) is 11.3 Å². The summed E-state index contributed by atoms with van der Waals surface area (Å²) >= 11 is 0.677. The number of carboxylic acids is 1. The molecule has 1 atom stereocenters. The van der Waals surface area contributed by atoms with Gasteiger partial charge in [0, 0.05) is 7.11 Å². The number of fused-ring (bicyclic) bond motifs is 1. The van der Waals surface area contributed by atoms with Crippen molar-refractivity contribution in [3.63, 3.8) is 0 Å². The number of methoxy groups -OCH3 is 1. The number of aryl methyl sites for hydroxylation is 1. The Morgan fingerprint density at radius 3 is 2.52 bits per heavy atom. The number of nitrogens with zero attached hydrogens (tertiary/aromatic N) is 1. The Bertz CT molecular complexity index is 880. The number of hydrogen-bond donors (Lipinski definition) is 2. The second-order valence-electron chi connectivity index (χ2n) is 4.68. The third kappa shape index (κ3) is 3.01. The van der Waals surface area contributed by atoms with Crippen LogP contribution in [0.1, 0.15) is 15.2 Å². The first-order valence-corrected chi connectivity index (χ1v) is 6.98. The molecule has 0 aliphatic rings. The number of H-pyrrole nitrogens is 1. The van der Waals surface area contributed by atoms with Gasteiger partial charge in [0.25, 0.3) is 5.56 Å². The largest absolute Gasteiger partial charge is 0.477 e. The van der Waals surface area contributed by atoms with Crippen LogP contribution in [0.3, 0.4) is 0 Å². The van der Waals surface area contributed by atoms with Gasteiger partial charge >= 0.3 is 17.8 Å². The first-order chi connectivity index (χ1) is 10.6. The van der Waals surface area contributed by atoms with Crippen molar-refractivity contribution in [1.82, 2.24) is 9.55 Å². The first-order valence-electron chi connectivity index (χ1n) is 6.17. The summed E-state index contributed by atoms with van der Waals surface area (Å²) in [6.07, 6.45) is -7.09. The molecule has 0 spiro atoms. The van der Waals surface area contributed by atoms with Crippen molar-refractivity contribution in [2.75, 3.05) is 7.11 Å². The molecule has 11 heteroatoms. The average molecular weight is 352 g/mol. The molecule has 23 heavy (non-hydrogen) atoms. The van der Waals surface area contributed by atoms with Gasteiger partial charge in [-0.15, -0.1) is 11.3 Å². The Labute approximate surface area is 129 Å². The number of thiophene rings is 1. The quantitative estimate of drug-likeness (QED) is 0.865. The zero-order valence-electron chi connectivity index (χ0n) is 11.9. The molecule has 0 aliphatic heterocycles. The first kappa shape index (κ1) is 17.2. The molecule has 2 rings (SSSR count).